The number of aliphatic hydroxyl groups is 1. The van der Waals surface area contributed by atoms with Crippen LogP contribution in [0.3, 0.4) is 0 Å². The number of nitrogens with two attached hydrogens (primary N) is 1. The van der Waals surface area contributed by atoms with Gasteiger partial charge in [0.2, 0.25) is 0 Å². The molecule has 0 fully saturated rings. The van der Waals surface area contributed by atoms with E-state index in [0.717, 1.165) is 16.3 Å². The minimum atomic E-state index is -0.478. The van der Waals surface area contributed by atoms with E-state index in [0.29, 0.717) is 6.42 Å². The second-order valence-electron chi connectivity index (χ2n) is 3.29. The van der Waals surface area contributed by atoms with Crippen molar-refractivity contribution in [3.63, 3.8) is 0 Å². The molecule has 2 rings (SSSR count). The minimum absolute atomic E-state index is 0.289. The Morgan fingerprint density at radius 2 is 2.50 bits per heavy atom. The molecule has 0 bridgehead atoms. The first kappa shape index (κ1) is 9.64. The summed E-state index contributed by atoms with van der Waals surface area (Å²) in [4.78, 5) is 5.36. The summed E-state index contributed by atoms with van der Waals surface area (Å²) in [6.07, 6.45) is 2.06. The monoisotopic (exact) mass is 211 g/mol. The van der Waals surface area contributed by atoms with Gasteiger partial charge in [0.25, 0.3) is 0 Å². The molecule has 2 aromatic heterocycles. The van der Waals surface area contributed by atoms with Crippen LogP contribution in [0.25, 0.3) is 4.96 Å². The molecular weight excluding hydrogens is 198 g/mol. The number of aromatic nitrogens is 2. The van der Waals surface area contributed by atoms with E-state index in [9.17, 15) is 5.11 Å². The van der Waals surface area contributed by atoms with Crippen LogP contribution in [0, 0.1) is 6.92 Å². The fourth-order valence-electron chi connectivity index (χ4n) is 1.49. The molecule has 1 atom stereocenters. The molecule has 0 radical (unpaired) electrons. The van der Waals surface area contributed by atoms with Crippen LogP contribution in [-0.2, 0) is 6.42 Å². The van der Waals surface area contributed by atoms with Crippen molar-refractivity contribution < 1.29 is 5.11 Å². The number of aliphatic hydroxyl groups excluding tert-OH is 1. The Hall–Kier alpha value is -0.910. The summed E-state index contributed by atoms with van der Waals surface area (Å²) >= 11 is 1.60. The van der Waals surface area contributed by atoms with Gasteiger partial charge in [0, 0.05) is 30.2 Å². The zero-order valence-electron chi connectivity index (χ0n) is 7.97. The summed E-state index contributed by atoms with van der Waals surface area (Å²) in [5.74, 6) is 0. The Morgan fingerprint density at radius 3 is 3.21 bits per heavy atom. The molecule has 0 aromatic carbocycles. The third-order valence-electron chi connectivity index (χ3n) is 2.26. The molecule has 3 N–H and O–H groups in total. The van der Waals surface area contributed by atoms with Crippen molar-refractivity contribution >= 4 is 16.3 Å². The number of hydrogen-bond acceptors (Lipinski definition) is 4. The smallest absolute Gasteiger partial charge is 0.194 e. The standard InChI is InChI=1S/C9H13N3OS/c1-6-8(4-7(13)5-10)12-2-3-14-9(12)11-6/h2-3,7,13H,4-5,10H2,1H3. The Balaban J connectivity index is 2.38. The van der Waals surface area contributed by atoms with Crippen molar-refractivity contribution in [2.24, 2.45) is 5.73 Å². The molecule has 1 unspecified atom stereocenters. The number of aryl methyl sites for hydroxylation is 1. The van der Waals surface area contributed by atoms with Crippen LogP contribution < -0.4 is 5.73 Å². The van der Waals surface area contributed by atoms with Crippen molar-refractivity contribution in [3.8, 4) is 0 Å². The van der Waals surface area contributed by atoms with Gasteiger partial charge >= 0.3 is 0 Å². The minimum Gasteiger partial charge on any atom is -0.391 e. The molecule has 0 saturated heterocycles. The highest BCUT2D eigenvalue weighted by molar-refractivity contribution is 7.15. The highest BCUT2D eigenvalue weighted by Crippen LogP contribution is 2.17. The van der Waals surface area contributed by atoms with Crippen molar-refractivity contribution in [2.75, 3.05) is 6.54 Å². The molecule has 0 saturated carbocycles. The van der Waals surface area contributed by atoms with Crippen molar-refractivity contribution in [1.82, 2.24) is 9.38 Å². The highest BCUT2D eigenvalue weighted by Gasteiger charge is 2.12. The average molecular weight is 211 g/mol. The van der Waals surface area contributed by atoms with Gasteiger partial charge in [0.1, 0.15) is 0 Å². The van der Waals surface area contributed by atoms with Gasteiger partial charge in [-0.15, -0.1) is 11.3 Å². The van der Waals surface area contributed by atoms with E-state index in [-0.39, 0.29) is 6.54 Å². The number of thiazole rings is 1. The molecule has 2 heterocycles. The Kier molecular flexibility index (Phi) is 2.54. The van der Waals surface area contributed by atoms with Gasteiger partial charge in [0.05, 0.1) is 11.8 Å². The highest BCUT2D eigenvalue weighted by atomic mass is 32.1. The number of rotatable bonds is 3. The third kappa shape index (κ3) is 1.54. The average Bonchev–Trinajstić information content (AvgIpc) is 2.70. The van der Waals surface area contributed by atoms with Gasteiger partial charge in [0.15, 0.2) is 4.96 Å². The lowest BCUT2D eigenvalue weighted by Crippen LogP contribution is -2.22. The maximum atomic E-state index is 9.49. The van der Waals surface area contributed by atoms with Crippen LogP contribution >= 0.6 is 11.3 Å². The Labute approximate surface area is 86.0 Å². The van der Waals surface area contributed by atoms with Crippen LogP contribution in [-0.4, -0.2) is 27.1 Å². The normalized spacial score (nSPS) is 13.6. The lowest BCUT2D eigenvalue weighted by molar-refractivity contribution is 0.181. The van der Waals surface area contributed by atoms with E-state index >= 15 is 0 Å². The van der Waals surface area contributed by atoms with Crippen LogP contribution in [0.4, 0.5) is 0 Å². The zero-order chi connectivity index (χ0) is 10.1. The predicted octanol–water partition coefficient (Wildman–Crippen LogP) is 0.566. The molecule has 0 aliphatic rings. The maximum absolute atomic E-state index is 9.49. The van der Waals surface area contributed by atoms with E-state index in [1.165, 1.54) is 0 Å². The Bertz CT molecular complexity index is 434. The van der Waals surface area contributed by atoms with E-state index in [2.05, 4.69) is 4.98 Å². The van der Waals surface area contributed by atoms with E-state index < -0.39 is 6.10 Å². The maximum Gasteiger partial charge on any atom is 0.194 e. The molecule has 2 aromatic rings. The molecule has 0 aliphatic carbocycles. The predicted molar refractivity (Wildman–Crippen MR) is 56.6 cm³/mol. The molecule has 0 amide bonds. The second-order valence-corrected chi connectivity index (χ2v) is 4.17. The van der Waals surface area contributed by atoms with Crippen LogP contribution in [0.1, 0.15) is 11.4 Å². The first-order chi connectivity index (χ1) is 6.72. The SMILES string of the molecule is Cc1nc2sccn2c1CC(O)CN. The van der Waals surface area contributed by atoms with Crippen molar-refractivity contribution in [1.29, 1.82) is 0 Å². The summed E-state index contributed by atoms with van der Waals surface area (Å²) in [7, 11) is 0. The lowest BCUT2D eigenvalue weighted by atomic mass is 10.2. The van der Waals surface area contributed by atoms with Gasteiger partial charge < -0.3 is 10.8 Å². The summed E-state index contributed by atoms with van der Waals surface area (Å²) < 4.78 is 2.01. The van der Waals surface area contributed by atoms with Crippen LogP contribution in [0.2, 0.25) is 0 Å². The fraction of sp³-hybridized carbons (Fsp3) is 0.444. The van der Waals surface area contributed by atoms with Crippen LogP contribution in [0.5, 0.6) is 0 Å². The van der Waals surface area contributed by atoms with Gasteiger partial charge in [-0.2, -0.15) is 0 Å². The Morgan fingerprint density at radius 1 is 1.71 bits per heavy atom. The summed E-state index contributed by atoms with van der Waals surface area (Å²) in [5, 5.41) is 11.5. The second kappa shape index (κ2) is 3.68. The van der Waals surface area contributed by atoms with E-state index in [1.54, 1.807) is 11.3 Å². The van der Waals surface area contributed by atoms with Crippen molar-refractivity contribution in [2.45, 2.75) is 19.4 Å². The van der Waals surface area contributed by atoms with Gasteiger partial charge in [-0.3, -0.25) is 4.40 Å². The molecule has 0 aliphatic heterocycles. The molecule has 0 spiro atoms. The van der Waals surface area contributed by atoms with Gasteiger partial charge in [-0.25, -0.2) is 4.98 Å². The first-order valence-electron chi connectivity index (χ1n) is 4.51. The lowest BCUT2D eigenvalue weighted by Gasteiger charge is -2.06. The third-order valence-corrected chi connectivity index (χ3v) is 3.02. The van der Waals surface area contributed by atoms with Gasteiger partial charge in [-0.1, -0.05) is 0 Å². The number of hydrogen-bond donors (Lipinski definition) is 2. The summed E-state index contributed by atoms with van der Waals surface area (Å²) in [6, 6.07) is 0. The topological polar surface area (TPSA) is 63.5 Å². The molecule has 4 nitrogen and oxygen atoms in total. The molecule has 5 heteroatoms. The first-order valence-corrected chi connectivity index (χ1v) is 5.39. The summed E-state index contributed by atoms with van der Waals surface area (Å²) in [5.41, 5.74) is 7.41. The van der Waals surface area contributed by atoms with E-state index in [1.807, 2.05) is 22.9 Å². The number of imidazole rings is 1. The largest absolute Gasteiger partial charge is 0.391 e. The van der Waals surface area contributed by atoms with Gasteiger partial charge in [-0.05, 0) is 6.92 Å². The number of fused-ring (bicyclic) bond motifs is 1. The zero-order valence-corrected chi connectivity index (χ0v) is 8.79. The fourth-order valence-corrected chi connectivity index (χ4v) is 2.27. The number of nitrogens with zero attached hydrogens (tertiary/aromatic N) is 2. The molecule has 14 heavy (non-hydrogen) atoms. The quantitative estimate of drug-likeness (QED) is 0.780. The molecular formula is C9H13N3OS. The van der Waals surface area contributed by atoms with Crippen LogP contribution in [0.15, 0.2) is 11.6 Å². The summed E-state index contributed by atoms with van der Waals surface area (Å²) in [6.45, 7) is 2.25. The van der Waals surface area contributed by atoms with E-state index in [4.69, 9.17) is 5.73 Å². The van der Waals surface area contributed by atoms with Crippen molar-refractivity contribution in [3.05, 3.63) is 23.0 Å². The molecule has 76 valence electrons.